The lowest BCUT2D eigenvalue weighted by Gasteiger charge is -2.19. The molecule has 1 rings (SSSR count). The molecule has 1 atom stereocenters. The van der Waals surface area contributed by atoms with Gasteiger partial charge in [-0.3, -0.25) is 4.79 Å². The van der Waals surface area contributed by atoms with Crippen molar-refractivity contribution in [2.45, 2.75) is 31.7 Å². The molecular weight excluding hydrogens is 282 g/mol. The fourth-order valence-electron chi connectivity index (χ4n) is 1.70. The first-order valence-corrected chi connectivity index (χ1v) is 7.57. The van der Waals surface area contributed by atoms with Crippen LogP contribution in [0.25, 0.3) is 0 Å². The average molecular weight is 301 g/mol. The molecule has 0 aliphatic rings. The summed E-state index contributed by atoms with van der Waals surface area (Å²) >= 11 is 0. The Morgan fingerprint density at radius 2 is 1.95 bits per heavy atom. The third kappa shape index (κ3) is 3.71. The maximum Gasteiger partial charge on any atom is 0.322 e. The van der Waals surface area contributed by atoms with Crippen LogP contribution in [0.3, 0.4) is 0 Å². The Balaban J connectivity index is 3.23. The van der Waals surface area contributed by atoms with E-state index in [4.69, 9.17) is 9.84 Å². The van der Waals surface area contributed by atoms with Gasteiger partial charge in [-0.15, -0.1) is 0 Å². The molecule has 0 aliphatic carbocycles. The Bertz CT molecular complexity index is 595. The quantitative estimate of drug-likeness (QED) is 0.828. The average Bonchev–Trinajstić information content (AvgIpc) is 2.35. The third-order valence-corrected chi connectivity index (χ3v) is 4.29. The number of carboxylic acids is 1. The topological polar surface area (TPSA) is 92.7 Å². The van der Waals surface area contributed by atoms with E-state index in [-0.39, 0.29) is 16.6 Å². The number of ether oxygens (including phenoxy) is 1. The van der Waals surface area contributed by atoms with Gasteiger partial charge in [-0.1, -0.05) is 19.9 Å². The second kappa shape index (κ2) is 6.23. The fraction of sp³-hybridized carbons (Fsp3) is 0.462. The van der Waals surface area contributed by atoms with Crippen LogP contribution in [-0.4, -0.2) is 32.6 Å². The molecule has 6 nitrogen and oxygen atoms in total. The number of rotatable bonds is 6. The zero-order valence-electron chi connectivity index (χ0n) is 11.9. The number of nitrogens with one attached hydrogen (secondary N) is 1. The Labute approximate surface area is 118 Å². The van der Waals surface area contributed by atoms with Gasteiger partial charge in [0.15, 0.2) is 0 Å². The number of methoxy groups -OCH3 is 1. The predicted molar refractivity (Wildman–Crippen MR) is 74.3 cm³/mol. The summed E-state index contributed by atoms with van der Waals surface area (Å²) in [6.45, 7) is 5.01. The van der Waals surface area contributed by atoms with E-state index in [1.165, 1.54) is 19.2 Å². The summed E-state index contributed by atoms with van der Waals surface area (Å²) in [6.07, 6.45) is 0. The van der Waals surface area contributed by atoms with Gasteiger partial charge in [-0.05, 0) is 30.5 Å². The van der Waals surface area contributed by atoms with Crippen molar-refractivity contribution in [3.63, 3.8) is 0 Å². The van der Waals surface area contributed by atoms with E-state index in [0.29, 0.717) is 0 Å². The van der Waals surface area contributed by atoms with Gasteiger partial charge in [0.05, 0.1) is 7.11 Å². The van der Waals surface area contributed by atoms with Crippen molar-refractivity contribution in [2.75, 3.05) is 7.11 Å². The molecule has 0 saturated carbocycles. The molecule has 0 amide bonds. The van der Waals surface area contributed by atoms with E-state index in [2.05, 4.69) is 4.72 Å². The maximum absolute atomic E-state index is 12.3. The van der Waals surface area contributed by atoms with E-state index >= 15 is 0 Å². The molecule has 0 bridgehead atoms. The van der Waals surface area contributed by atoms with E-state index in [9.17, 15) is 13.2 Å². The summed E-state index contributed by atoms with van der Waals surface area (Å²) in [5.41, 5.74) is 0.739. The van der Waals surface area contributed by atoms with Gasteiger partial charge < -0.3 is 9.84 Å². The van der Waals surface area contributed by atoms with E-state index in [1.807, 2.05) is 0 Å². The lowest BCUT2D eigenvalue weighted by atomic mass is 10.1. The van der Waals surface area contributed by atoms with Gasteiger partial charge in [-0.25, -0.2) is 8.42 Å². The molecule has 7 heteroatoms. The zero-order valence-corrected chi connectivity index (χ0v) is 12.7. The number of aryl methyl sites for hydroxylation is 1. The number of sulfonamides is 1. The van der Waals surface area contributed by atoms with Crippen molar-refractivity contribution in [3.05, 3.63) is 23.8 Å². The Morgan fingerprint density at radius 3 is 2.40 bits per heavy atom. The number of benzene rings is 1. The number of carbonyl (C=O) groups is 1. The molecule has 0 heterocycles. The van der Waals surface area contributed by atoms with Gasteiger partial charge in [0, 0.05) is 0 Å². The second-order valence-electron chi connectivity index (χ2n) is 4.84. The molecule has 2 N–H and O–H groups in total. The molecule has 1 aromatic carbocycles. The first-order chi connectivity index (χ1) is 9.19. The summed E-state index contributed by atoms with van der Waals surface area (Å²) in [4.78, 5) is 11.1. The minimum Gasteiger partial charge on any atom is -0.495 e. The van der Waals surface area contributed by atoms with E-state index in [0.717, 1.165) is 5.56 Å². The van der Waals surface area contributed by atoms with Crippen LogP contribution < -0.4 is 9.46 Å². The van der Waals surface area contributed by atoms with Crippen molar-refractivity contribution >= 4 is 16.0 Å². The van der Waals surface area contributed by atoms with Gasteiger partial charge in [0.1, 0.15) is 16.7 Å². The summed E-state index contributed by atoms with van der Waals surface area (Å²) < 4.78 is 31.9. The Hall–Kier alpha value is -1.60. The molecule has 20 heavy (non-hydrogen) atoms. The monoisotopic (exact) mass is 301 g/mol. The number of hydrogen-bond acceptors (Lipinski definition) is 4. The molecule has 0 aromatic heterocycles. The van der Waals surface area contributed by atoms with Crippen LogP contribution in [0.4, 0.5) is 0 Å². The van der Waals surface area contributed by atoms with Crippen molar-refractivity contribution in [3.8, 4) is 5.75 Å². The molecule has 0 aliphatic heterocycles. The first kappa shape index (κ1) is 16.5. The van der Waals surface area contributed by atoms with Crippen LogP contribution in [0.1, 0.15) is 19.4 Å². The summed E-state index contributed by atoms with van der Waals surface area (Å²) in [5, 5.41) is 9.08. The molecule has 112 valence electrons. The predicted octanol–water partition coefficient (Wildman–Crippen LogP) is 1.39. The summed E-state index contributed by atoms with van der Waals surface area (Å²) in [7, 11) is -2.61. The van der Waals surface area contributed by atoms with Crippen molar-refractivity contribution in [1.82, 2.24) is 4.72 Å². The third-order valence-electron chi connectivity index (χ3n) is 2.82. The lowest BCUT2D eigenvalue weighted by molar-refractivity contribution is -0.140. The largest absolute Gasteiger partial charge is 0.495 e. The Kier molecular flexibility index (Phi) is 5.13. The highest BCUT2D eigenvalue weighted by Crippen LogP contribution is 2.25. The van der Waals surface area contributed by atoms with Crippen molar-refractivity contribution in [2.24, 2.45) is 5.92 Å². The minimum atomic E-state index is -3.97. The van der Waals surface area contributed by atoms with Gasteiger partial charge >= 0.3 is 5.97 Å². The summed E-state index contributed by atoms with van der Waals surface area (Å²) in [5.74, 6) is -1.41. The molecule has 0 fully saturated rings. The summed E-state index contributed by atoms with van der Waals surface area (Å²) in [6, 6.07) is 3.51. The van der Waals surface area contributed by atoms with Crippen LogP contribution in [0.2, 0.25) is 0 Å². The van der Waals surface area contributed by atoms with Crippen LogP contribution in [-0.2, 0) is 14.8 Å². The molecule has 0 radical (unpaired) electrons. The maximum atomic E-state index is 12.3. The van der Waals surface area contributed by atoms with Gasteiger partial charge in [0.2, 0.25) is 10.0 Å². The van der Waals surface area contributed by atoms with Crippen LogP contribution in [0.15, 0.2) is 23.1 Å². The highest BCUT2D eigenvalue weighted by molar-refractivity contribution is 7.89. The molecule has 0 unspecified atom stereocenters. The second-order valence-corrected chi connectivity index (χ2v) is 6.52. The molecule has 0 saturated heterocycles. The zero-order chi connectivity index (χ0) is 15.5. The normalized spacial score (nSPS) is 13.2. The number of hydrogen-bond donors (Lipinski definition) is 2. The number of carboxylic acid groups (broad SMARTS) is 1. The van der Waals surface area contributed by atoms with Crippen molar-refractivity contribution in [1.29, 1.82) is 0 Å². The highest BCUT2D eigenvalue weighted by Gasteiger charge is 2.29. The smallest absolute Gasteiger partial charge is 0.322 e. The molecule has 1 aromatic rings. The molecule has 0 spiro atoms. The minimum absolute atomic E-state index is 0.0631. The van der Waals surface area contributed by atoms with E-state index < -0.39 is 22.0 Å². The van der Waals surface area contributed by atoms with Crippen molar-refractivity contribution < 1.29 is 23.1 Å². The van der Waals surface area contributed by atoms with Crippen LogP contribution in [0, 0.1) is 12.8 Å². The van der Waals surface area contributed by atoms with Crippen LogP contribution in [0.5, 0.6) is 5.75 Å². The molecular formula is C13H19NO5S. The lowest BCUT2D eigenvalue weighted by Crippen LogP contribution is -2.44. The Morgan fingerprint density at radius 1 is 1.35 bits per heavy atom. The standard InChI is InChI=1S/C13H19NO5S/c1-8(2)12(13(15)16)14-20(17,18)11-7-9(3)5-6-10(11)19-4/h5-8,12,14H,1-4H3,(H,15,16)/t12-/m1/s1. The van der Waals surface area contributed by atoms with Gasteiger partial charge in [-0.2, -0.15) is 4.72 Å². The highest BCUT2D eigenvalue weighted by atomic mass is 32.2. The number of aliphatic carboxylic acids is 1. The fourth-order valence-corrected chi connectivity index (χ4v) is 3.29. The van der Waals surface area contributed by atoms with Crippen LogP contribution >= 0.6 is 0 Å². The SMILES string of the molecule is COc1ccc(C)cc1S(=O)(=O)N[C@@H](C(=O)O)C(C)C. The first-order valence-electron chi connectivity index (χ1n) is 6.09. The van der Waals surface area contributed by atoms with E-state index in [1.54, 1.807) is 26.8 Å². The van der Waals surface area contributed by atoms with Gasteiger partial charge in [0.25, 0.3) is 0 Å².